The molecule has 1 unspecified atom stereocenters. The van der Waals surface area contributed by atoms with Crippen molar-refractivity contribution < 1.29 is 0 Å². The molecule has 0 fully saturated rings. The number of hydrogen-bond acceptors (Lipinski definition) is 3. The van der Waals surface area contributed by atoms with Gasteiger partial charge in [0.2, 0.25) is 0 Å². The van der Waals surface area contributed by atoms with E-state index in [4.69, 9.17) is 4.99 Å². The maximum absolute atomic E-state index is 4.82. The summed E-state index contributed by atoms with van der Waals surface area (Å²) in [4.78, 5) is 6.99. The van der Waals surface area contributed by atoms with Gasteiger partial charge < -0.3 is 14.8 Å². The number of hydrogen-bond donors (Lipinski definition) is 1. The molecule has 6 nitrogen and oxygen atoms in total. The average Bonchev–Trinajstić information content (AvgIpc) is 3.10. The van der Waals surface area contributed by atoms with Crippen molar-refractivity contribution in [3.8, 4) is 0 Å². The lowest BCUT2D eigenvalue weighted by atomic mass is 10.2. The summed E-state index contributed by atoms with van der Waals surface area (Å²) in [6.45, 7) is 8.73. The minimum atomic E-state index is 0.377. The molecule has 0 spiro atoms. The van der Waals surface area contributed by atoms with Crippen molar-refractivity contribution in [1.29, 1.82) is 0 Å². The van der Waals surface area contributed by atoms with Crippen LogP contribution in [0.15, 0.2) is 40.1 Å². The second-order valence-corrected chi connectivity index (χ2v) is 7.35. The van der Waals surface area contributed by atoms with Crippen molar-refractivity contribution in [1.82, 2.24) is 25.0 Å². The Morgan fingerprint density at radius 3 is 2.69 bits per heavy atom. The smallest absolute Gasteiger partial charge is 0.194 e. The second-order valence-electron chi connectivity index (χ2n) is 6.44. The van der Waals surface area contributed by atoms with E-state index in [1.54, 1.807) is 6.33 Å². The number of halogens is 1. The molecule has 0 radical (unpaired) electrons. The van der Waals surface area contributed by atoms with E-state index in [1.165, 1.54) is 5.56 Å². The van der Waals surface area contributed by atoms with E-state index in [2.05, 4.69) is 93.0 Å². The third-order valence-electron chi connectivity index (χ3n) is 4.30. The molecule has 0 saturated carbocycles. The van der Waals surface area contributed by atoms with Gasteiger partial charge in [0, 0.05) is 37.1 Å². The number of aryl methyl sites for hydroxylation is 1. The normalized spacial score (nSPS) is 12.9. The number of nitrogens with zero attached hydrogens (tertiary/aromatic N) is 5. The third-order valence-corrected chi connectivity index (χ3v) is 4.83. The number of guanidine groups is 1. The highest BCUT2D eigenvalue weighted by atomic mass is 79.9. The van der Waals surface area contributed by atoms with Crippen molar-refractivity contribution in [2.45, 2.75) is 52.7 Å². The fourth-order valence-corrected chi connectivity index (χ4v) is 2.81. The number of aromatic nitrogens is 3. The van der Waals surface area contributed by atoms with Crippen LogP contribution in [-0.4, -0.2) is 45.3 Å². The second kappa shape index (κ2) is 10.3. The first kappa shape index (κ1) is 20.4. The number of aliphatic imine (C=N–C) groups is 1. The summed E-state index contributed by atoms with van der Waals surface area (Å²) in [5.41, 5.74) is 1.25. The number of benzene rings is 1. The molecule has 2 rings (SSSR count). The highest BCUT2D eigenvalue weighted by molar-refractivity contribution is 9.10. The van der Waals surface area contributed by atoms with Crippen LogP contribution in [0, 0.1) is 0 Å². The van der Waals surface area contributed by atoms with Gasteiger partial charge in [0.15, 0.2) is 5.96 Å². The molecule has 0 saturated heterocycles. The van der Waals surface area contributed by atoms with Crippen LogP contribution < -0.4 is 5.32 Å². The third kappa shape index (κ3) is 6.12. The zero-order valence-corrected chi connectivity index (χ0v) is 17.7. The van der Waals surface area contributed by atoms with Crippen LogP contribution in [0.5, 0.6) is 0 Å². The number of nitrogens with one attached hydrogen (secondary N) is 1. The maximum Gasteiger partial charge on any atom is 0.194 e. The molecule has 0 bridgehead atoms. The van der Waals surface area contributed by atoms with E-state index >= 15 is 0 Å². The minimum absolute atomic E-state index is 0.377. The van der Waals surface area contributed by atoms with Gasteiger partial charge in [0.1, 0.15) is 12.2 Å². The minimum Gasteiger partial charge on any atom is -0.354 e. The van der Waals surface area contributed by atoms with Crippen LogP contribution in [-0.2, 0) is 19.5 Å². The predicted octanol–water partition coefficient (Wildman–Crippen LogP) is 3.48. The lowest BCUT2D eigenvalue weighted by molar-refractivity contribution is 0.458. The fourth-order valence-electron chi connectivity index (χ4n) is 2.54. The molecule has 0 aliphatic rings. The standard InChI is InChI=1S/C19H29BrN6/c1-5-15(3)23-19(21-11-12-26-14-22-24-18(26)6-2)25(4)13-16-7-9-17(20)10-8-16/h7-10,14-15H,5-6,11-13H2,1-4H3,(H,21,23). The molecule has 0 amide bonds. The zero-order valence-electron chi connectivity index (χ0n) is 16.1. The molecule has 7 heteroatoms. The van der Waals surface area contributed by atoms with Crippen molar-refractivity contribution in [2.75, 3.05) is 13.6 Å². The molecular weight excluding hydrogens is 392 g/mol. The molecule has 1 atom stereocenters. The monoisotopic (exact) mass is 420 g/mol. The summed E-state index contributed by atoms with van der Waals surface area (Å²) in [5, 5.41) is 11.6. The predicted molar refractivity (Wildman–Crippen MR) is 110 cm³/mol. The van der Waals surface area contributed by atoms with Gasteiger partial charge in [-0.1, -0.05) is 41.9 Å². The van der Waals surface area contributed by atoms with Crippen LogP contribution in [0.25, 0.3) is 0 Å². The van der Waals surface area contributed by atoms with Crippen LogP contribution >= 0.6 is 15.9 Å². The van der Waals surface area contributed by atoms with E-state index in [0.717, 1.165) is 42.2 Å². The lowest BCUT2D eigenvalue weighted by Gasteiger charge is -2.25. The summed E-state index contributed by atoms with van der Waals surface area (Å²) in [5.74, 6) is 1.92. The highest BCUT2D eigenvalue weighted by Gasteiger charge is 2.10. The van der Waals surface area contributed by atoms with Gasteiger partial charge in [-0.3, -0.25) is 4.99 Å². The maximum atomic E-state index is 4.82. The zero-order chi connectivity index (χ0) is 18.9. The molecular formula is C19H29BrN6. The molecule has 1 aromatic carbocycles. The Morgan fingerprint density at radius 1 is 1.31 bits per heavy atom. The molecule has 26 heavy (non-hydrogen) atoms. The van der Waals surface area contributed by atoms with E-state index in [1.807, 2.05) is 0 Å². The fraction of sp³-hybridized carbons (Fsp3) is 0.526. The molecule has 0 aliphatic carbocycles. The van der Waals surface area contributed by atoms with Crippen molar-refractivity contribution >= 4 is 21.9 Å². The quantitative estimate of drug-likeness (QED) is 0.524. The average molecular weight is 421 g/mol. The first-order valence-electron chi connectivity index (χ1n) is 9.16. The molecule has 1 aromatic heterocycles. The molecule has 1 heterocycles. The van der Waals surface area contributed by atoms with Gasteiger partial charge in [-0.05, 0) is 31.0 Å². The Labute approximate surface area is 164 Å². The lowest BCUT2D eigenvalue weighted by Crippen LogP contribution is -2.43. The summed E-state index contributed by atoms with van der Waals surface area (Å²) < 4.78 is 3.16. The van der Waals surface area contributed by atoms with Crippen molar-refractivity contribution in [3.05, 3.63) is 46.5 Å². The van der Waals surface area contributed by atoms with Crippen LogP contribution in [0.2, 0.25) is 0 Å². The molecule has 1 N–H and O–H groups in total. The van der Waals surface area contributed by atoms with Gasteiger partial charge in [0.05, 0.1) is 6.54 Å². The van der Waals surface area contributed by atoms with E-state index in [0.29, 0.717) is 12.6 Å². The molecule has 2 aromatic rings. The van der Waals surface area contributed by atoms with Crippen LogP contribution in [0.1, 0.15) is 38.6 Å². The largest absolute Gasteiger partial charge is 0.354 e. The van der Waals surface area contributed by atoms with Gasteiger partial charge in [-0.2, -0.15) is 0 Å². The van der Waals surface area contributed by atoms with E-state index in [9.17, 15) is 0 Å². The molecule has 0 aliphatic heterocycles. The first-order chi connectivity index (χ1) is 12.5. The number of rotatable bonds is 8. The van der Waals surface area contributed by atoms with Crippen LogP contribution in [0.4, 0.5) is 0 Å². The van der Waals surface area contributed by atoms with Crippen molar-refractivity contribution in [2.24, 2.45) is 4.99 Å². The van der Waals surface area contributed by atoms with E-state index in [-0.39, 0.29) is 0 Å². The summed E-state index contributed by atoms with van der Waals surface area (Å²) in [6, 6.07) is 8.78. The summed E-state index contributed by atoms with van der Waals surface area (Å²) in [6.07, 6.45) is 3.71. The SMILES string of the molecule is CCc1nncn1CCN=C(NC(C)CC)N(C)Cc1ccc(Br)cc1. The molecule has 142 valence electrons. The summed E-state index contributed by atoms with van der Waals surface area (Å²) >= 11 is 3.49. The first-order valence-corrected chi connectivity index (χ1v) is 9.96. The Morgan fingerprint density at radius 2 is 2.04 bits per heavy atom. The Bertz CT molecular complexity index is 694. The highest BCUT2D eigenvalue weighted by Crippen LogP contribution is 2.12. The van der Waals surface area contributed by atoms with Gasteiger partial charge >= 0.3 is 0 Å². The van der Waals surface area contributed by atoms with Gasteiger partial charge in [-0.25, -0.2) is 0 Å². The van der Waals surface area contributed by atoms with Gasteiger partial charge in [0.25, 0.3) is 0 Å². The topological polar surface area (TPSA) is 58.3 Å². The summed E-state index contributed by atoms with van der Waals surface area (Å²) in [7, 11) is 2.08. The Balaban J connectivity index is 2.04. The van der Waals surface area contributed by atoms with Gasteiger partial charge in [-0.15, -0.1) is 10.2 Å². The Hall–Kier alpha value is -1.89. The van der Waals surface area contributed by atoms with Crippen LogP contribution in [0.3, 0.4) is 0 Å². The van der Waals surface area contributed by atoms with Crippen molar-refractivity contribution in [3.63, 3.8) is 0 Å². The Kier molecular flexibility index (Phi) is 8.09. The van der Waals surface area contributed by atoms with E-state index < -0.39 is 0 Å².